The lowest BCUT2D eigenvalue weighted by atomic mass is 10.2. The fraction of sp³-hybridized carbons (Fsp3) is 0.514. The van der Waals surface area contributed by atoms with Crippen LogP contribution in [0.1, 0.15) is 183 Å². The molecule has 0 atom stereocenters. The van der Waals surface area contributed by atoms with Gasteiger partial charge in [0.1, 0.15) is 51.7 Å². The molecule has 536 valence electrons. The van der Waals surface area contributed by atoms with Crippen molar-refractivity contribution in [3.05, 3.63) is 154 Å². The molecule has 0 aromatic carbocycles. The van der Waals surface area contributed by atoms with E-state index in [4.69, 9.17) is 37.9 Å². The van der Waals surface area contributed by atoms with Crippen LogP contribution in [0.4, 0.5) is 0 Å². The number of tetrazole rings is 1. The van der Waals surface area contributed by atoms with Gasteiger partial charge in [-0.05, 0) is 179 Å². The normalized spacial score (nSPS) is 15.7. The third-order valence-corrected chi connectivity index (χ3v) is 15.8. The van der Waals surface area contributed by atoms with Gasteiger partial charge < -0.3 is 60.7 Å². The molecule has 30 heteroatoms. The van der Waals surface area contributed by atoms with E-state index in [-0.39, 0.29) is 0 Å². The largest absolute Gasteiger partial charge is 0.490 e. The molecule has 0 fully saturated rings. The van der Waals surface area contributed by atoms with Crippen molar-refractivity contribution in [2.45, 2.75) is 189 Å². The van der Waals surface area contributed by atoms with Crippen LogP contribution in [-0.2, 0) is 90.3 Å². The first-order valence-electron chi connectivity index (χ1n) is 34.1. The topological polar surface area (TPSA) is 294 Å². The average Bonchev–Trinajstić information content (AvgIpc) is 1.58. The first-order chi connectivity index (χ1) is 48.3. The van der Waals surface area contributed by atoms with Crippen LogP contribution in [0.2, 0.25) is 0 Å². The van der Waals surface area contributed by atoms with Gasteiger partial charge in [-0.1, -0.05) is 0 Å². The Morgan fingerprint density at radius 1 is 0.280 bits per heavy atom. The highest BCUT2D eigenvalue weighted by Crippen LogP contribution is 2.28. The molecule has 0 saturated carbocycles. The summed E-state index contributed by atoms with van der Waals surface area (Å²) in [6.07, 6.45) is 22.1. The van der Waals surface area contributed by atoms with Gasteiger partial charge in [-0.2, -0.15) is 10.2 Å². The summed E-state index contributed by atoms with van der Waals surface area (Å²) in [5.41, 5.74) is 9.25. The van der Waals surface area contributed by atoms with Crippen molar-refractivity contribution in [3.8, 4) is 0 Å². The second-order valence-electron chi connectivity index (χ2n) is 25.7. The van der Waals surface area contributed by atoms with Gasteiger partial charge in [0.05, 0.1) is 52.6 Å². The average molecular weight is 1380 g/mol. The Hall–Kier alpha value is -10.4. The second kappa shape index (κ2) is 35.9. The standard InChI is InChI=1S/C10H14N2O.2C9H13N3O.2C9H12N2O.C8H12N4O.2C8H11N3O/c1-8(2)9-10-11-4-6-12(10)5-3-7-13-9;1-7(2)8-9-11-10-6-12(9)4-3-5-13-8;1-7(2)8-9-10-6-11-12(9)4-3-5-13-8;2*1-7(2)8-9-10-3-4-11(9)5-6-12-8;1-6(2)7-8-9-10-11-12(8)4-3-5-13-7;1-6(2)7-8-10-9-5-11(8)3-4-12-7;1-6(2)7-8-9-5-10-11(8)3-4-12-7/h4,6H,3,5,7H2,1-2H3;2*6H,3-5H2,1-2H3;2*3-4H,5-6H2,1-2H3;3-5H2,1-2H3;2*5H,3-4H2,1-2H3. The first kappa shape index (κ1) is 73.8. The van der Waals surface area contributed by atoms with Crippen LogP contribution in [-0.4, -0.2) is 161 Å². The van der Waals surface area contributed by atoms with Crippen LogP contribution in [0, 0.1) is 0 Å². The molecule has 0 amide bonds. The van der Waals surface area contributed by atoms with Crippen LogP contribution in [0.3, 0.4) is 0 Å². The molecule has 16 rings (SSSR count). The van der Waals surface area contributed by atoms with E-state index < -0.39 is 0 Å². The lowest BCUT2D eigenvalue weighted by Crippen LogP contribution is -2.17. The van der Waals surface area contributed by atoms with Crippen molar-refractivity contribution in [3.63, 3.8) is 0 Å². The zero-order chi connectivity index (χ0) is 71.2. The fourth-order valence-electron chi connectivity index (χ4n) is 11.0. The third-order valence-electron chi connectivity index (χ3n) is 15.8. The number of ether oxygens (including phenoxy) is 8. The first-order valence-corrected chi connectivity index (χ1v) is 34.1. The van der Waals surface area contributed by atoms with E-state index in [1.807, 2.05) is 153 Å². The summed E-state index contributed by atoms with van der Waals surface area (Å²) in [6, 6.07) is 0. The zero-order valence-corrected chi connectivity index (χ0v) is 61.0. The van der Waals surface area contributed by atoms with Gasteiger partial charge in [0.15, 0.2) is 86.8 Å². The van der Waals surface area contributed by atoms with E-state index in [1.165, 1.54) is 16.7 Å². The van der Waals surface area contributed by atoms with E-state index in [0.29, 0.717) is 13.2 Å². The summed E-state index contributed by atoms with van der Waals surface area (Å²) in [5.74, 6) is 14.2. The van der Waals surface area contributed by atoms with E-state index in [0.717, 1.165) is 238 Å². The predicted molar refractivity (Wildman–Crippen MR) is 377 cm³/mol. The molecule has 0 spiro atoms. The number of aromatic nitrogens is 22. The molecule has 8 aliphatic rings. The zero-order valence-electron chi connectivity index (χ0n) is 61.0. The van der Waals surface area contributed by atoms with Crippen LogP contribution < -0.4 is 0 Å². The van der Waals surface area contributed by atoms with E-state index in [1.54, 1.807) is 30.0 Å². The molecule has 0 unspecified atom stereocenters. The molecule has 8 aromatic rings. The van der Waals surface area contributed by atoms with E-state index >= 15 is 0 Å². The predicted octanol–water partition coefficient (Wildman–Crippen LogP) is 11.2. The van der Waals surface area contributed by atoms with Gasteiger partial charge in [-0.15, -0.1) is 25.5 Å². The van der Waals surface area contributed by atoms with Crippen LogP contribution in [0.25, 0.3) is 46.1 Å². The Morgan fingerprint density at radius 3 is 0.990 bits per heavy atom. The Labute approximate surface area is 584 Å². The minimum Gasteiger partial charge on any atom is -0.490 e. The van der Waals surface area contributed by atoms with Crippen molar-refractivity contribution in [2.75, 3.05) is 52.9 Å². The van der Waals surface area contributed by atoms with Gasteiger partial charge in [0.25, 0.3) is 0 Å². The van der Waals surface area contributed by atoms with Crippen molar-refractivity contribution < 1.29 is 37.9 Å². The molecule has 0 saturated heterocycles. The number of hydrogen-bond acceptors (Lipinski definition) is 22. The number of fused-ring (bicyclic) bond motifs is 8. The lowest BCUT2D eigenvalue weighted by molar-refractivity contribution is 0.225. The maximum absolute atomic E-state index is 5.65. The summed E-state index contributed by atoms with van der Waals surface area (Å²) in [7, 11) is 0. The highest BCUT2D eigenvalue weighted by atomic mass is 16.5. The second-order valence-corrected chi connectivity index (χ2v) is 25.7. The molecular formula is C70H98N22O8. The SMILES string of the molecule is CC(C)=C1OCCCn2ccnc21.CC(C)=C1OCCCn2cnnc21.CC(C)=C1OCCCn2ncnc21.CC(C)=C1OCCCn2nnnc21.CC(C)=C1OCCn2ccnc21.CC(C)=C1OCCn2ccnc21.CC(C)=C1OCCn2cnnc21.CC(C)=C1OCCn2ncnc21. The number of allylic oxidation sites excluding steroid dienone is 8. The number of imidazole rings is 3. The van der Waals surface area contributed by atoms with E-state index in [2.05, 4.69) is 98.6 Å². The molecule has 30 nitrogen and oxygen atoms in total. The Balaban J connectivity index is 0.000000133. The number of aryl methyl sites for hydroxylation is 4. The van der Waals surface area contributed by atoms with Crippen molar-refractivity contribution in [1.82, 2.24) is 108 Å². The minimum absolute atomic E-state index is 0.691. The maximum Gasteiger partial charge on any atom is 0.217 e. The highest BCUT2D eigenvalue weighted by Gasteiger charge is 2.24. The third kappa shape index (κ3) is 19.1. The quantitative estimate of drug-likeness (QED) is 0.136. The van der Waals surface area contributed by atoms with Crippen LogP contribution in [0.5, 0.6) is 0 Å². The Kier molecular flexibility index (Phi) is 26.5. The molecule has 100 heavy (non-hydrogen) atoms. The molecule has 0 radical (unpaired) electrons. The lowest BCUT2D eigenvalue weighted by Gasteiger charge is -2.19. The maximum atomic E-state index is 5.65. The van der Waals surface area contributed by atoms with Crippen molar-refractivity contribution >= 4 is 46.1 Å². The Bertz CT molecular complexity index is 3710. The highest BCUT2D eigenvalue weighted by molar-refractivity contribution is 5.61. The van der Waals surface area contributed by atoms with Gasteiger partial charge in [0.2, 0.25) is 5.82 Å². The molecule has 8 aromatic heterocycles. The Morgan fingerprint density at radius 2 is 0.580 bits per heavy atom. The molecule has 0 N–H and O–H groups in total. The van der Waals surface area contributed by atoms with E-state index in [9.17, 15) is 0 Å². The summed E-state index contributed by atoms with van der Waals surface area (Å²) in [6.45, 7) is 45.5. The minimum atomic E-state index is 0.691. The molecule has 0 aliphatic carbocycles. The van der Waals surface area contributed by atoms with Crippen molar-refractivity contribution in [1.29, 1.82) is 0 Å². The monoisotopic (exact) mass is 1370 g/mol. The summed E-state index contributed by atoms with van der Waals surface area (Å²) in [4.78, 5) is 21.1. The molecule has 8 aliphatic heterocycles. The number of nitrogens with zero attached hydrogens (tertiary/aromatic N) is 22. The van der Waals surface area contributed by atoms with Gasteiger partial charge in [0, 0.05) is 76.2 Å². The molecule has 0 bridgehead atoms. The van der Waals surface area contributed by atoms with Gasteiger partial charge >= 0.3 is 0 Å². The fourth-order valence-corrected chi connectivity index (χ4v) is 11.0. The summed E-state index contributed by atoms with van der Waals surface area (Å²) in [5, 5.41) is 35.4. The summed E-state index contributed by atoms with van der Waals surface area (Å²) >= 11 is 0. The smallest absolute Gasteiger partial charge is 0.217 e. The molecule has 16 heterocycles. The number of rotatable bonds is 0. The summed E-state index contributed by atoms with van der Waals surface area (Å²) < 4.78 is 60.4. The van der Waals surface area contributed by atoms with Crippen LogP contribution >= 0.6 is 0 Å². The molecular weight excluding hydrogens is 1280 g/mol. The van der Waals surface area contributed by atoms with Crippen LogP contribution in [0.15, 0.2) is 107 Å². The van der Waals surface area contributed by atoms with Crippen molar-refractivity contribution in [2.24, 2.45) is 0 Å². The van der Waals surface area contributed by atoms with Gasteiger partial charge in [-0.25, -0.2) is 39.0 Å². The number of hydrogen-bond donors (Lipinski definition) is 0. The van der Waals surface area contributed by atoms with Gasteiger partial charge in [-0.3, -0.25) is 0 Å².